The molecule has 0 amide bonds. The van der Waals surface area contributed by atoms with Crippen LogP contribution in [0.15, 0.2) is 11.3 Å². The van der Waals surface area contributed by atoms with Crippen molar-refractivity contribution in [1.29, 1.82) is 0 Å². The van der Waals surface area contributed by atoms with Crippen LogP contribution in [0.5, 0.6) is 0 Å². The van der Waals surface area contributed by atoms with Crippen LogP contribution in [-0.4, -0.2) is 20.8 Å². The molecule has 0 bridgehead atoms. The molecule has 3 nitrogen and oxygen atoms in total. The van der Waals surface area contributed by atoms with Crippen LogP contribution in [-0.2, 0) is 4.79 Å². The summed E-state index contributed by atoms with van der Waals surface area (Å²) >= 11 is 0. The minimum absolute atomic E-state index is 0.360. The standard InChI is InChI=1S/C4H9NO2Si/c1-3(2-8-5)4(6)7/h2H,5,8H2,1H3,(H,6,7). The van der Waals surface area contributed by atoms with Crippen LogP contribution in [0.3, 0.4) is 0 Å². The highest BCUT2D eigenvalue weighted by molar-refractivity contribution is 6.39. The first-order valence-electron chi connectivity index (χ1n) is 2.28. The predicted octanol–water partition coefficient (Wildman–Crippen LogP) is -0.983. The fraction of sp³-hybridized carbons (Fsp3) is 0.250. The van der Waals surface area contributed by atoms with Gasteiger partial charge in [-0.3, -0.25) is 0 Å². The van der Waals surface area contributed by atoms with Crippen molar-refractivity contribution in [2.45, 2.75) is 6.92 Å². The van der Waals surface area contributed by atoms with Gasteiger partial charge in [-0.25, -0.2) is 4.79 Å². The highest BCUT2D eigenvalue weighted by Crippen LogP contribution is 1.86. The van der Waals surface area contributed by atoms with Crippen LogP contribution in [0.1, 0.15) is 6.92 Å². The highest BCUT2D eigenvalue weighted by atomic mass is 28.2. The smallest absolute Gasteiger partial charge is 0.330 e. The number of carboxylic acids is 1. The summed E-state index contributed by atoms with van der Waals surface area (Å²) in [6.45, 7) is 1.54. The molecule has 4 heteroatoms. The Labute approximate surface area is 50.1 Å². The Morgan fingerprint density at radius 3 is 2.50 bits per heavy atom. The van der Waals surface area contributed by atoms with E-state index in [-0.39, 0.29) is 0 Å². The van der Waals surface area contributed by atoms with Gasteiger partial charge in [0.25, 0.3) is 0 Å². The Morgan fingerprint density at radius 1 is 1.88 bits per heavy atom. The van der Waals surface area contributed by atoms with E-state index < -0.39 is 15.7 Å². The molecule has 0 saturated carbocycles. The van der Waals surface area contributed by atoms with Crippen LogP contribution < -0.4 is 5.40 Å². The number of aliphatic carboxylic acids is 1. The van der Waals surface area contributed by atoms with Gasteiger partial charge in [0, 0.05) is 5.57 Å². The van der Waals surface area contributed by atoms with Crippen molar-refractivity contribution < 1.29 is 9.90 Å². The van der Waals surface area contributed by atoms with E-state index in [0.717, 1.165) is 0 Å². The van der Waals surface area contributed by atoms with E-state index in [0.29, 0.717) is 5.57 Å². The van der Waals surface area contributed by atoms with E-state index in [9.17, 15) is 4.79 Å². The van der Waals surface area contributed by atoms with Crippen molar-refractivity contribution in [3.8, 4) is 0 Å². The zero-order valence-electron chi connectivity index (χ0n) is 4.72. The molecule has 3 N–H and O–H groups in total. The van der Waals surface area contributed by atoms with E-state index in [1.54, 1.807) is 12.6 Å². The molecule has 0 radical (unpaired) electrons. The fourth-order valence-corrected chi connectivity index (χ4v) is 0.792. The lowest BCUT2D eigenvalue weighted by Crippen LogP contribution is -2.04. The Hall–Kier alpha value is -0.613. The third-order valence-electron chi connectivity index (χ3n) is 0.761. The zero-order valence-corrected chi connectivity index (χ0v) is 6.13. The normalized spacial score (nSPS) is 13.0. The van der Waals surface area contributed by atoms with Gasteiger partial charge < -0.3 is 10.5 Å². The number of hydrogen-bond acceptors (Lipinski definition) is 2. The van der Waals surface area contributed by atoms with Crippen LogP contribution in [0, 0.1) is 0 Å². The van der Waals surface area contributed by atoms with E-state index in [4.69, 9.17) is 10.5 Å². The number of carboxylic acid groups (broad SMARTS) is 1. The second-order valence-corrected chi connectivity index (χ2v) is 2.31. The summed E-state index contributed by atoms with van der Waals surface area (Å²) in [6, 6.07) is 0. The summed E-state index contributed by atoms with van der Waals surface area (Å²) in [5, 5.41) is 13.4. The SMILES string of the molecule is CC(=C[SiH2]N)C(=O)O. The Bertz CT molecular complexity index is 121. The van der Waals surface area contributed by atoms with Crippen molar-refractivity contribution in [3.05, 3.63) is 11.3 Å². The largest absolute Gasteiger partial charge is 0.478 e. The molecule has 0 aromatic rings. The van der Waals surface area contributed by atoms with Gasteiger partial charge in [-0.15, -0.1) is 0 Å². The molecule has 0 heterocycles. The minimum atomic E-state index is -0.872. The van der Waals surface area contributed by atoms with Gasteiger partial charge >= 0.3 is 5.97 Å². The Kier molecular flexibility index (Phi) is 3.14. The molecule has 0 fully saturated rings. The average molecular weight is 131 g/mol. The maximum absolute atomic E-state index is 9.99. The molecule has 0 aliphatic carbocycles. The maximum Gasteiger partial charge on any atom is 0.330 e. The third kappa shape index (κ3) is 2.54. The monoisotopic (exact) mass is 131 g/mol. The molecule has 0 aliphatic rings. The second-order valence-electron chi connectivity index (χ2n) is 1.43. The average Bonchev–Trinajstić information content (AvgIpc) is 1.67. The summed E-state index contributed by atoms with van der Waals surface area (Å²) in [6.07, 6.45) is 0. The summed E-state index contributed by atoms with van der Waals surface area (Å²) < 4.78 is 0. The number of carbonyl (C=O) groups is 1. The van der Waals surface area contributed by atoms with E-state index in [1.165, 1.54) is 0 Å². The highest BCUT2D eigenvalue weighted by Gasteiger charge is 1.95. The van der Waals surface area contributed by atoms with Crippen molar-refractivity contribution in [2.24, 2.45) is 5.40 Å². The van der Waals surface area contributed by atoms with Crippen molar-refractivity contribution >= 4 is 15.7 Å². The van der Waals surface area contributed by atoms with Crippen molar-refractivity contribution in [2.75, 3.05) is 0 Å². The molecule has 0 aromatic carbocycles. The maximum atomic E-state index is 9.99. The topological polar surface area (TPSA) is 63.3 Å². The van der Waals surface area contributed by atoms with Crippen LogP contribution in [0.25, 0.3) is 0 Å². The first-order valence-corrected chi connectivity index (χ1v) is 3.92. The molecule has 0 saturated heterocycles. The van der Waals surface area contributed by atoms with Gasteiger partial charge in [-0.2, -0.15) is 0 Å². The predicted molar refractivity (Wildman–Crippen MR) is 34.1 cm³/mol. The van der Waals surface area contributed by atoms with Crippen molar-refractivity contribution in [3.63, 3.8) is 0 Å². The van der Waals surface area contributed by atoms with Gasteiger partial charge in [-0.1, -0.05) is 5.70 Å². The molecule has 46 valence electrons. The van der Waals surface area contributed by atoms with Crippen LogP contribution in [0.4, 0.5) is 0 Å². The molecular formula is C4H9NO2Si. The van der Waals surface area contributed by atoms with Crippen LogP contribution in [0.2, 0.25) is 0 Å². The number of rotatable bonds is 2. The fourth-order valence-electron chi connectivity index (χ4n) is 0.264. The first kappa shape index (κ1) is 7.39. The summed E-state index contributed by atoms with van der Waals surface area (Å²) in [5.41, 5.74) is 1.96. The van der Waals surface area contributed by atoms with Crippen LogP contribution >= 0.6 is 0 Å². The minimum Gasteiger partial charge on any atom is -0.478 e. The van der Waals surface area contributed by atoms with Gasteiger partial charge in [0.15, 0.2) is 0 Å². The molecule has 0 unspecified atom stereocenters. The molecule has 0 aliphatic heterocycles. The van der Waals surface area contributed by atoms with Gasteiger partial charge in [0.05, 0.1) is 0 Å². The number of nitrogens with two attached hydrogens (primary N) is 1. The quantitative estimate of drug-likeness (QED) is 0.374. The molecule has 0 aromatic heterocycles. The van der Waals surface area contributed by atoms with E-state index in [1.807, 2.05) is 0 Å². The Morgan fingerprint density at radius 2 is 2.38 bits per heavy atom. The van der Waals surface area contributed by atoms with Crippen molar-refractivity contribution in [1.82, 2.24) is 0 Å². The summed E-state index contributed by atoms with van der Waals surface area (Å²) in [4.78, 5) is 9.99. The van der Waals surface area contributed by atoms with E-state index >= 15 is 0 Å². The molecule has 8 heavy (non-hydrogen) atoms. The second kappa shape index (κ2) is 3.40. The molecule has 0 atom stereocenters. The molecular weight excluding hydrogens is 122 g/mol. The molecule has 0 spiro atoms. The summed E-state index contributed by atoms with van der Waals surface area (Å²) in [7, 11) is -0.719. The van der Waals surface area contributed by atoms with Gasteiger partial charge in [0.1, 0.15) is 9.68 Å². The van der Waals surface area contributed by atoms with Gasteiger partial charge in [-0.05, 0) is 6.92 Å². The first-order chi connectivity index (χ1) is 3.68. The lowest BCUT2D eigenvalue weighted by atomic mass is 10.4. The van der Waals surface area contributed by atoms with E-state index in [2.05, 4.69) is 0 Å². The van der Waals surface area contributed by atoms with Gasteiger partial charge in [0.2, 0.25) is 0 Å². The summed E-state index contributed by atoms with van der Waals surface area (Å²) in [5.74, 6) is -0.872. The molecule has 0 rings (SSSR count). The third-order valence-corrected chi connectivity index (χ3v) is 1.61. The lowest BCUT2D eigenvalue weighted by molar-refractivity contribution is -0.132. The number of hydrogen-bond donors (Lipinski definition) is 2. The Balaban J connectivity index is 3.80. The zero-order chi connectivity index (χ0) is 6.57. The lowest BCUT2D eigenvalue weighted by Gasteiger charge is -1.86.